The van der Waals surface area contributed by atoms with E-state index < -0.39 is 0 Å². The zero-order valence-electron chi connectivity index (χ0n) is 9.94. The van der Waals surface area contributed by atoms with Crippen molar-refractivity contribution < 1.29 is 0 Å². The highest BCUT2D eigenvalue weighted by atomic mass is 15.1. The lowest BCUT2D eigenvalue weighted by Gasteiger charge is -2.27. The van der Waals surface area contributed by atoms with Gasteiger partial charge in [-0.3, -0.25) is 4.90 Å². The second-order valence-corrected chi connectivity index (χ2v) is 4.61. The molecule has 1 aliphatic rings. The molecular weight excluding hydrogens is 194 g/mol. The third kappa shape index (κ3) is 2.96. The number of benzene rings is 1. The Kier molecular flexibility index (Phi) is 4.17. The SMILES string of the molecule is C=CC1CCCCCN1Cc1ccccc1. The first kappa shape index (κ1) is 11.4. The molecule has 0 saturated carbocycles. The molecule has 16 heavy (non-hydrogen) atoms. The van der Waals surface area contributed by atoms with Gasteiger partial charge in [0.25, 0.3) is 0 Å². The van der Waals surface area contributed by atoms with Crippen molar-refractivity contribution in [2.45, 2.75) is 38.3 Å². The monoisotopic (exact) mass is 215 g/mol. The highest BCUT2D eigenvalue weighted by molar-refractivity contribution is 5.15. The Labute approximate surface area is 98.8 Å². The van der Waals surface area contributed by atoms with Crippen LogP contribution in [0.1, 0.15) is 31.2 Å². The van der Waals surface area contributed by atoms with Crippen LogP contribution in [-0.2, 0) is 6.54 Å². The lowest BCUT2D eigenvalue weighted by atomic mass is 10.1. The maximum Gasteiger partial charge on any atom is 0.0279 e. The summed E-state index contributed by atoms with van der Waals surface area (Å²) in [4.78, 5) is 2.56. The molecule has 0 N–H and O–H groups in total. The minimum Gasteiger partial charge on any atom is -0.293 e. The maximum absolute atomic E-state index is 3.98. The summed E-state index contributed by atoms with van der Waals surface area (Å²) in [6.45, 7) is 6.26. The van der Waals surface area contributed by atoms with Crippen molar-refractivity contribution in [3.63, 3.8) is 0 Å². The Morgan fingerprint density at radius 1 is 1.19 bits per heavy atom. The second kappa shape index (κ2) is 5.86. The van der Waals surface area contributed by atoms with E-state index in [1.165, 1.54) is 37.8 Å². The van der Waals surface area contributed by atoms with Crippen LogP contribution in [0.15, 0.2) is 43.0 Å². The van der Waals surface area contributed by atoms with E-state index in [-0.39, 0.29) is 0 Å². The molecule has 1 fully saturated rings. The third-order valence-electron chi connectivity index (χ3n) is 3.41. The topological polar surface area (TPSA) is 3.24 Å². The maximum atomic E-state index is 3.98. The highest BCUT2D eigenvalue weighted by Gasteiger charge is 2.17. The van der Waals surface area contributed by atoms with Gasteiger partial charge in [0.1, 0.15) is 0 Å². The van der Waals surface area contributed by atoms with E-state index >= 15 is 0 Å². The number of hydrogen-bond acceptors (Lipinski definition) is 1. The molecule has 1 heterocycles. The van der Waals surface area contributed by atoms with E-state index in [4.69, 9.17) is 0 Å². The fraction of sp³-hybridized carbons (Fsp3) is 0.467. The molecule has 86 valence electrons. The fourth-order valence-corrected chi connectivity index (χ4v) is 2.47. The van der Waals surface area contributed by atoms with Crippen molar-refractivity contribution in [2.24, 2.45) is 0 Å². The van der Waals surface area contributed by atoms with Gasteiger partial charge < -0.3 is 0 Å². The zero-order valence-corrected chi connectivity index (χ0v) is 9.94. The largest absolute Gasteiger partial charge is 0.293 e. The van der Waals surface area contributed by atoms with Crippen LogP contribution in [0.2, 0.25) is 0 Å². The van der Waals surface area contributed by atoms with Gasteiger partial charge >= 0.3 is 0 Å². The first-order chi connectivity index (χ1) is 7.90. The van der Waals surface area contributed by atoms with Gasteiger partial charge in [-0.15, -0.1) is 6.58 Å². The molecule has 0 aromatic heterocycles. The molecule has 2 rings (SSSR count). The fourth-order valence-electron chi connectivity index (χ4n) is 2.47. The summed E-state index contributed by atoms with van der Waals surface area (Å²) in [6.07, 6.45) is 7.44. The third-order valence-corrected chi connectivity index (χ3v) is 3.41. The molecule has 1 aromatic rings. The second-order valence-electron chi connectivity index (χ2n) is 4.61. The van der Waals surface area contributed by atoms with Crippen LogP contribution >= 0.6 is 0 Å². The van der Waals surface area contributed by atoms with E-state index in [1.54, 1.807) is 0 Å². The minimum absolute atomic E-state index is 0.572. The molecule has 1 saturated heterocycles. The predicted octanol–water partition coefficient (Wildman–Crippen LogP) is 3.62. The lowest BCUT2D eigenvalue weighted by molar-refractivity contribution is 0.226. The van der Waals surface area contributed by atoms with Crippen LogP contribution in [-0.4, -0.2) is 17.5 Å². The summed E-state index contributed by atoms with van der Waals surface area (Å²) in [5.41, 5.74) is 1.41. The Balaban J connectivity index is 2.03. The molecule has 0 bridgehead atoms. The van der Waals surface area contributed by atoms with Crippen LogP contribution in [0.25, 0.3) is 0 Å². The van der Waals surface area contributed by atoms with Gasteiger partial charge in [0.2, 0.25) is 0 Å². The number of hydrogen-bond donors (Lipinski definition) is 0. The summed E-state index contributed by atoms with van der Waals surface area (Å²) in [7, 11) is 0. The Morgan fingerprint density at radius 3 is 2.75 bits per heavy atom. The van der Waals surface area contributed by atoms with Crippen molar-refractivity contribution in [2.75, 3.05) is 6.54 Å². The summed E-state index contributed by atoms with van der Waals surface area (Å²) < 4.78 is 0. The van der Waals surface area contributed by atoms with Crippen LogP contribution in [0.3, 0.4) is 0 Å². The van der Waals surface area contributed by atoms with Crippen molar-refractivity contribution in [1.29, 1.82) is 0 Å². The van der Waals surface area contributed by atoms with Crippen LogP contribution in [0.4, 0.5) is 0 Å². The molecular formula is C15H21N. The number of likely N-dealkylation sites (tertiary alicyclic amines) is 1. The Morgan fingerprint density at radius 2 is 2.00 bits per heavy atom. The molecule has 0 aliphatic carbocycles. The van der Waals surface area contributed by atoms with Gasteiger partial charge in [-0.25, -0.2) is 0 Å². The predicted molar refractivity (Wildman–Crippen MR) is 69.3 cm³/mol. The van der Waals surface area contributed by atoms with Gasteiger partial charge in [0.05, 0.1) is 0 Å². The normalized spacial score (nSPS) is 22.6. The molecule has 1 aromatic carbocycles. The number of nitrogens with zero attached hydrogens (tertiary/aromatic N) is 1. The Hall–Kier alpha value is -1.08. The molecule has 0 amide bonds. The van der Waals surface area contributed by atoms with Crippen molar-refractivity contribution in [3.8, 4) is 0 Å². The standard InChI is InChI=1S/C15H21N/c1-2-15-11-7-4-8-12-16(15)13-14-9-5-3-6-10-14/h2-3,5-6,9-10,15H,1,4,7-8,11-13H2. The smallest absolute Gasteiger partial charge is 0.0279 e. The summed E-state index contributed by atoms with van der Waals surface area (Å²) in [5, 5.41) is 0. The van der Waals surface area contributed by atoms with E-state index in [1.807, 2.05) is 0 Å². The first-order valence-corrected chi connectivity index (χ1v) is 6.30. The van der Waals surface area contributed by atoms with E-state index in [0.717, 1.165) is 6.54 Å². The van der Waals surface area contributed by atoms with E-state index in [9.17, 15) is 0 Å². The van der Waals surface area contributed by atoms with Crippen molar-refractivity contribution in [1.82, 2.24) is 4.90 Å². The van der Waals surface area contributed by atoms with Crippen LogP contribution in [0.5, 0.6) is 0 Å². The van der Waals surface area contributed by atoms with E-state index in [2.05, 4.69) is 47.9 Å². The summed E-state index contributed by atoms with van der Waals surface area (Å²) in [6, 6.07) is 11.3. The summed E-state index contributed by atoms with van der Waals surface area (Å²) >= 11 is 0. The quantitative estimate of drug-likeness (QED) is 0.696. The van der Waals surface area contributed by atoms with Gasteiger partial charge in [0, 0.05) is 12.6 Å². The summed E-state index contributed by atoms with van der Waals surface area (Å²) in [5.74, 6) is 0. The van der Waals surface area contributed by atoms with Gasteiger partial charge in [-0.05, 0) is 24.9 Å². The molecule has 0 spiro atoms. The molecule has 1 heteroatoms. The molecule has 1 aliphatic heterocycles. The van der Waals surface area contributed by atoms with Crippen molar-refractivity contribution >= 4 is 0 Å². The van der Waals surface area contributed by atoms with Gasteiger partial charge in [-0.2, -0.15) is 0 Å². The number of rotatable bonds is 3. The minimum atomic E-state index is 0.572. The van der Waals surface area contributed by atoms with Gasteiger partial charge in [0.15, 0.2) is 0 Å². The van der Waals surface area contributed by atoms with Gasteiger partial charge in [-0.1, -0.05) is 49.2 Å². The lowest BCUT2D eigenvalue weighted by Crippen LogP contribution is -2.32. The molecule has 1 nitrogen and oxygen atoms in total. The average molecular weight is 215 g/mol. The highest BCUT2D eigenvalue weighted by Crippen LogP contribution is 2.19. The Bertz CT molecular complexity index is 317. The van der Waals surface area contributed by atoms with Crippen LogP contribution < -0.4 is 0 Å². The van der Waals surface area contributed by atoms with Crippen molar-refractivity contribution in [3.05, 3.63) is 48.6 Å². The first-order valence-electron chi connectivity index (χ1n) is 6.30. The average Bonchev–Trinajstić information content (AvgIpc) is 2.55. The zero-order chi connectivity index (χ0) is 11.2. The molecule has 1 unspecified atom stereocenters. The molecule has 1 atom stereocenters. The molecule has 0 radical (unpaired) electrons. The van der Waals surface area contributed by atoms with Crippen LogP contribution in [0, 0.1) is 0 Å². The van der Waals surface area contributed by atoms with E-state index in [0.29, 0.717) is 6.04 Å².